The summed E-state index contributed by atoms with van der Waals surface area (Å²) < 4.78 is 45.6. The third-order valence-electron chi connectivity index (χ3n) is 3.34. The lowest BCUT2D eigenvalue weighted by Gasteiger charge is -2.19. The van der Waals surface area contributed by atoms with Crippen LogP contribution in [0.5, 0.6) is 11.5 Å². The van der Waals surface area contributed by atoms with Crippen molar-refractivity contribution in [1.82, 2.24) is 5.32 Å². The zero-order valence-corrected chi connectivity index (χ0v) is 13.5. The third kappa shape index (κ3) is 6.37. The quantitative estimate of drug-likeness (QED) is 0.775. The van der Waals surface area contributed by atoms with Gasteiger partial charge in [-0.15, -0.1) is 13.2 Å². The molecule has 2 aromatic carbocycles. The fourth-order valence-electron chi connectivity index (χ4n) is 2.28. The van der Waals surface area contributed by atoms with E-state index >= 15 is 0 Å². The Morgan fingerprint density at radius 1 is 1.04 bits per heavy atom. The Kier molecular flexibility index (Phi) is 6.27. The van der Waals surface area contributed by atoms with Crippen molar-refractivity contribution in [3.63, 3.8) is 0 Å². The Labute approximate surface area is 143 Å². The van der Waals surface area contributed by atoms with Crippen LogP contribution in [0.25, 0.3) is 0 Å². The summed E-state index contributed by atoms with van der Waals surface area (Å²) in [6, 6.07) is 13.6. The Bertz CT molecular complexity index is 672. The summed E-state index contributed by atoms with van der Waals surface area (Å²) in [6.07, 6.45) is -3.97. The molecule has 0 unspecified atom stereocenters. The average Bonchev–Trinajstić information content (AvgIpc) is 2.54. The molecule has 0 bridgehead atoms. The number of alkyl halides is 3. The number of hydrogen-bond donors (Lipinski definition) is 1. The maximum atomic E-state index is 12.2. The van der Waals surface area contributed by atoms with Gasteiger partial charge in [-0.2, -0.15) is 0 Å². The lowest BCUT2D eigenvalue weighted by Crippen LogP contribution is -2.31. The van der Waals surface area contributed by atoms with Gasteiger partial charge in [-0.1, -0.05) is 43.7 Å². The van der Waals surface area contributed by atoms with E-state index in [9.17, 15) is 18.0 Å². The van der Waals surface area contributed by atoms with E-state index < -0.39 is 12.5 Å². The SMILES string of the molecule is CCC[C@@H](NC(=O)Oc1ccccc1)c1ccc(OC(F)(F)F)cc1. The van der Waals surface area contributed by atoms with Gasteiger partial charge in [0.25, 0.3) is 0 Å². The standard InChI is InChI=1S/C18H18F3NO3/c1-2-6-16(22-17(23)24-14-7-4-3-5-8-14)13-9-11-15(12-10-13)25-18(19,20)21/h3-5,7-12,16H,2,6H2,1H3,(H,22,23)/t16-/m1/s1. The predicted molar refractivity (Wildman–Crippen MR) is 86.4 cm³/mol. The van der Waals surface area contributed by atoms with E-state index in [0.717, 1.165) is 6.42 Å². The number of hydrogen-bond acceptors (Lipinski definition) is 3. The molecule has 1 atom stereocenters. The molecule has 7 heteroatoms. The maximum absolute atomic E-state index is 12.2. The van der Waals surface area contributed by atoms with Gasteiger partial charge in [0, 0.05) is 0 Å². The zero-order chi connectivity index (χ0) is 18.3. The van der Waals surface area contributed by atoms with Crippen molar-refractivity contribution in [2.75, 3.05) is 0 Å². The molecule has 0 aliphatic rings. The molecule has 1 N–H and O–H groups in total. The van der Waals surface area contributed by atoms with E-state index in [1.54, 1.807) is 30.3 Å². The van der Waals surface area contributed by atoms with Crippen molar-refractivity contribution >= 4 is 6.09 Å². The Morgan fingerprint density at radius 2 is 1.68 bits per heavy atom. The highest BCUT2D eigenvalue weighted by Crippen LogP contribution is 2.26. The molecule has 0 aromatic heterocycles. The molecule has 1 amide bonds. The summed E-state index contributed by atoms with van der Waals surface area (Å²) in [6.45, 7) is 1.94. The molecule has 0 spiro atoms. The topological polar surface area (TPSA) is 47.6 Å². The van der Waals surface area contributed by atoms with Crippen LogP contribution in [0.2, 0.25) is 0 Å². The summed E-state index contributed by atoms with van der Waals surface area (Å²) in [5, 5.41) is 2.73. The van der Waals surface area contributed by atoms with Gasteiger partial charge >= 0.3 is 12.5 Å². The molecule has 4 nitrogen and oxygen atoms in total. The number of para-hydroxylation sites is 1. The molecule has 25 heavy (non-hydrogen) atoms. The largest absolute Gasteiger partial charge is 0.573 e. The zero-order valence-electron chi connectivity index (χ0n) is 13.5. The van der Waals surface area contributed by atoms with E-state index in [4.69, 9.17) is 4.74 Å². The predicted octanol–water partition coefficient (Wildman–Crippen LogP) is 5.22. The lowest BCUT2D eigenvalue weighted by atomic mass is 10.0. The van der Waals surface area contributed by atoms with Gasteiger partial charge in [0.05, 0.1) is 6.04 Å². The van der Waals surface area contributed by atoms with Gasteiger partial charge in [-0.3, -0.25) is 0 Å². The van der Waals surface area contributed by atoms with Gasteiger partial charge in [0.1, 0.15) is 11.5 Å². The van der Waals surface area contributed by atoms with E-state index in [0.29, 0.717) is 17.7 Å². The average molecular weight is 353 g/mol. The second kappa shape index (κ2) is 8.41. The summed E-state index contributed by atoms with van der Waals surface area (Å²) in [4.78, 5) is 12.0. The van der Waals surface area contributed by atoms with Crippen LogP contribution in [0.15, 0.2) is 54.6 Å². The number of nitrogens with one attached hydrogen (secondary N) is 1. The second-order valence-electron chi connectivity index (χ2n) is 5.31. The first-order chi connectivity index (χ1) is 11.9. The van der Waals surface area contributed by atoms with Gasteiger partial charge in [0.15, 0.2) is 0 Å². The van der Waals surface area contributed by atoms with E-state index in [-0.39, 0.29) is 11.8 Å². The molecule has 0 radical (unpaired) electrons. The summed E-state index contributed by atoms with van der Waals surface area (Å²) >= 11 is 0. The van der Waals surface area contributed by atoms with Crippen LogP contribution in [0.3, 0.4) is 0 Å². The van der Waals surface area contributed by atoms with Crippen molar-refractivity contribution < 1.29 is 27.4 Å². The Hall–Kier alpha value is -2.70. The number of halogens is 3. The Balaban J connectivity index is 2.03. The van der Waals surface area contributed by atoms with Crippen LogP contribution < -0.4 is 14.8 Å². The number of ether oxygens (including phenoxy) is 2. The fourth-order valence-corrected chi connectivity index (χ4v) is 2.28. The molecule has 0 saturated carbocycles. The number of carbonyl (C=O) groups excluding carboxylic acids is 1. The van der Waals surface area contributed by atoms with Crippen LogP contribution in [-0.4, -0.2) is 12.5 Å². The molecule has 0 fully saturated rings. The van der Waals surface area contributed by atoms with Crippen LogP contribution in [0, 0.1) is 0 Å². The molecule has 0 heterocycles. The highest BCUT2D eigenvalue weighted by Gasteiger charge is 2.31. The second-order valence-corrected chi connectivity index (χ2v) is 5.31. The monoisotopic (exact) mass is 353 g/mol. The van der Waals surface area contributed by atoms with Crippen molar-refractivity contribution in [2.45, 2.75) is 32.2 Å². The van der Waals surface area contributed by atoms with Gasteiger partial charge in [-0.25, -0.2) is 4.79 Å². The summed E-state index contributed by atoms with van der Waals surface area (Å²) in [5.41, 5.74) is 0.668. The van der Waals surface area contributed by atoms with Crippen molar-refractivity contribution in [3.05, 3.63) is 60.2 Å². The minimum Gasteiger partial charge on any atom is -0.410 e. The molecular weight excluding hydrogens is 335 g/mol. The lowest BCUT2D eigenvalue weighted by molar-refractivity contribution is -0.274. The third-order valence-corrected chi connectivity index (χ3v) is 3.34. The van der Waals surface area contributed by atoms with Crippen LogP contribution >= 0.6 is 0 Å². The smallest absolute Gasteiger partial charge is 0.410 e. The highest BCUT2D eigenvalue weighted by molar-refractivity contribution is 5.70. The summed E-state index contributed by atoms with van der Waals surface area (Å²) in [5.74, 6) is 0.0996. The first kappa shape index (κ1) is 18.6. The summed E-state index contributed by atoms with van der Waals surface area (Å²) in [7, 11) is 0. The molecule has 0 saturated heterocycles. The van der Waals surface area contributed by atoms with Crippen LogP contribution in [0.4, 0.5) is 18.0 Å². The highest BCUT2D eigenvalue weighted by atomic mass is 19.4. The molecule has 2 aromatic rings. The van der Waals surface area contributed by atoms with Crippen molar-refractivity contribution in [3.8, 4) is 11.5 Å². The molecule has 134 valence electrons. The number of rotatable bonds is 6. The molecule has 2 rings (SSSR count). The minimum atomic E-state index is -4.73. The number of amides is 1. The normalized spacial score (nSPS) is 12.3. The van der Waals surface area contributed by atoms with Crippen molar-refractivity contribution in [2.24, 2.45) is 0 Å². The van der Waals surface area contributed by atoms with Crippen LogP contribution in [-0.2, 0) is 0 Å². The number of carbonyl (C=O) groups is 1. The fraction of sp³-hybridized carbons (Fsp3) is 0.278. The first-order valence-electron chi connectivity index (χ1n) is 7.76. The van der Waals surface area contributed by atoms with Gasteiger partial charge in [-0.05, 0) is 36.2 Å². The van der Waals surface area contributed by atoms with E-state index in [1.807, 2.05) is 6.92 Å². The van der Waals surface area contributed by atoms with Crippen LogP contribution in [0.1, 0.15) is 31.4 Å². The number of benzene rings is 2. The molecule has 0 aliphatic carbocycles. The first-order valence-corrected chi connectivity index (χ1v) is 7.76. The molecule has 0 aliphatic heterocycles. The minimum absolute atomic E-state index is 0.307. The van der Waals surface area contributed by atoms with E-state index in [2.05, 4.69) is 10.1 Å². The molecular formula is C18H18F3NO3. The Morgan fingerprint density at radius 3 is 2.24 bits per heavy atom. The van der Waals surface area contributed by atoms with Gasteiger partial charge in [0.2, 0.25) is 0 Å². The van der Waals surface area contributed by atoms with E-state index in [1.165, 1.54) is 24.3 Å². The van der Waals surface area contributed by atoms with Crippen molar-refractivity contribution in [1.29, 1.82) is 0 Å². The maximum Gasteiger partial charge on any atom is 0.573 e. The van der Waals surface area contributed by atoms with Gasteiger partial charge < -0.3 is 14.8 Å².